The monoisotopic (exact) mass is 583 g/mol. The summed E-state index contributed by atoms with van der Waals surface area (Å²) in [5.41, 5.74) is 4.16. The molecule has 1 amide bonds. The number of anilines is 1. The van der Waals surface area contributed by atoms with Gasteiger partial charge in [-0.25, -0.2) is 13.8 Å². The smallest absolute Gasteiger partial charge is 0.264 e. The highest BCUT2D eigenvalue weighted by atomic mass is 79.9. The molecule has 0 heterocycles. The molecule has 0 aliphatic rings. The second-order valence-corrected chi connectivity index (χ2v) is 10.7. The van der Waals surface area contributed by atoms with Gasteiger partial charge in [0.1, 0.15) is 12.3 Å². The molecule has 178 valence electrons. The molecule has 0 saturated carbocycles. The van der Waals surface area contributed by atoms with Crippen molar-refractivity contribution in [3.8, 4) is 5.75 Å². The van der Waals surface area contributed by atoms with Gasteiger partial charge in [-0.2, -0.15) is 5.10 Å². The van der Waals surface area contributed by atoms with Gasteiger partial charge in [0.05, 0.1) is 33.4 Å². The lowest BCUT2D eigenvalue weighted by Gasteiger charge is -2.24. The molecule has 0 unspecified atom stereocenters. The van der Waals surface area contributed by atoms with Gasteiger partial charge in [-0.3, -0.25) is 9.10 Å². The molecule has 3 aromatic rings. The number of nitrogens with one attached hydrogen (secondary N) is 1. The van der Waals surface area contributed by atoms with Crippen LogP contribution in [-0.2, 0) is 14.8 Å². The molecule has 3 aromatic carbocycles. The number of rotatable bonds is 8. The van der Waals surface area contributed by atoms with Crippen LogP contribution in [0, 0.1) is 6.92 Å². The van der Waals surface area contributed by atoms with E-state index >= 15 is 0 Å². The quantitative estimate of drug-likeness (QED) is 0.283. The lowest BCUT2D eigenvalue weighted by Crippen LogP contribution is -2.39. The van der Waals surface area contributed by atoms with Gasteiger partial charge in [0.15, 0.2) is 0 Å². The molecule has 7 nitrogen and oxygen atoms in total. The van der Waals surface area contributed by atoms with Crippen molar-refractivity contribution in [2.24, 2.45) is 5.10 Å². The second-order valence-electron chi connectivity index (χ2n) is 7.10. The van der Waals surface area contributed by atoms with Crippen molar-refractivity contribution in [2.45, 2.75) is 11.8 Å². The summed E-state index contributed by atoms with van der Waals surface area (Å²) in [4.78, 5) is 12.6. The molecule has 0 aliphatic carbocycles. The number of hydrazone groups is 1. The Bertz CT molecular complexity index is 1330. The van der Waals surface area contributed by atoms with E-state index in [1.165, 1.54) is 31.5 Å². The third kappa shape index (κ3) is 6.29. The minimum atomic E-state index is -4.10. The highest BCUT2D eigenvalue weighted by Gasteiger charge is 2.28. The van der Waals surface area contributed by atoms with E-state index in [9.17, 15) is 13.2 Å². The lowest BCUT2D eigenvalue weighted by molar-refractivity contribution is -0.119. The molecule has 0 aliphatic heterocycles. The number of halogens is 3. The lowest BCUT2D eigenvalue weighted by atomic mass is 10.2. The average Bonchev–Trinajstić information content (AvgIpc) is 2.79. The number of benzene rings is 3. The molecule has 0 bridgehead atoms. The highest BCUT2D eigenvalue weighted by molar-refractivity contribution is 9.10. The van der Waals surface area contributed by atoms with Crippen LogP contribution in [-0.4, -0.2) is 34.2 Å². The Hall–Kier alpha value is -2.59. The van der Waals surface area contributed by atoms with Gasteiger partial charge in [-0.05, 0) is 65.3 Å². The van der Waals surface area contributed by atoms with Crippen molar-refractivity contribution >= 4 is 67.0 Å². The van der Waals surface area contributed by atoms with Crippen molar-refractivity contribution in [3.63, 3.8) is 0 Å². The maximum Gasteiger partial charge on any atom is 0.264 e. The summed E-state index contributed by atoms with van der Waals surface area (Å²) in [7, 11) is -2.62. The number of hydrogen-bond acceptors (Lipinski definition) is 5. The Morgan fingerprint density at radius 1 is 1.12 bits per heavy atom. The number of carbonyl (C=O) groups excluding carboxylic acids is 1. The van der Waals surface area contributed by atoms with E-state index < -0.39 is 22.5 Å². The van der Waals surface area contributed by atoms with E-state index in [-0.39, 0.29) is 4.90 Å². The third-order valence-corrected chi connectivity index (χ3v) is 7.63. The average molecular weight is 585 g/mol. The van der Waals surface area contributed by atoms with Gasteiger partial charge in [-0.1, -0.05) is 47.0 Å². The van der Waals surface area contributed by atoms with Gasteiger partial charge >= 0.3 is 0 Å². The molecule has 0 spiro atoms. The molecule has 11 heteroatoms. The fraction of sp³-hybridized carbons (Fsp3) is 0.130. The van der Waals surface area contributed by atoms with Crippen molar-refractivity contribution in [1.82, 2.24) is 5.43 Å². The van der Waals surface area contributed by atoms with E-state index in [0.717, 1.165) is 9.87 Å². The van der Waals surface area contributed by atoms with Crippen LogP contribution in [0.3, 0.4) is 0 Å². The zero-order chi connectivity index (χ0) is 24.9. The summed E-state index contributed by atoms with van der Waals surface area (Å²) in [5.74, 6) is -0.160. The normalized spacial score (nSPS) is 11.4. The Morgan fingerprint density at radius 2 is 1.82 bits per heavy atom. The molecule has 0 saturated heterocycles. The van der Waals surface area contributed by atoms with Crippen LogP contribution in [0.15, 0.2) is 75.1 Å². The zero-order valence-electron chi connectivity index (χ0n) is 18.1. The summed E-state index contributed by atoms with van der Waals surface area (Å²) >= 11 is 15.3. The molecule has 0 aromatic heterocycles. The first kappa shape index (κ1) is 26.0. The maximum absolute atomic E-state index is 13.5. The second kappa shape index (κ2) is 11.2. The molecule has 0 fully saturated rings. The number of hydrogen-bond donors (Lipinski definition) is 1. The number of carbonyl (C=O) groups is 1. The highest BCUT2D eigenvalue weighted by Crippen LogP contribution is 2.30. The predicted octanol–water partition coefficient (Wildman–Crippen LogP) is 5.42. The van der Waals surface area contributed by atoms with Crippen LogP contribution >= 0.6 is 39.1 Å². The molecule has 3 rings (SSSR count). The van der Waals surface area contributed by atoms with E-state index in [4.69, 9.17) is 27.9 Å². The minimum absolute atomic E-state index is 0.00926. The Balaban J connectivity index is 1.87. The number of aryl methyl sites for hydroxylation is 1. The SMILES string of the molecule is COc1ccc(S(=O)(=O)N(CC(=O)N/N=C/c2ccc(Cl)cc2Cl)c2ccc(C)cc2)cc1Br. The van der Waals surface area contributed by atoms with E-state index in [0.29, 0.717) is 31.5 Å². The van der Waals surface area contributed by atoms with Gasteiger partial charge < -0.3 is 4.74 Å². The molecule has 34 heavy (non-hydrogen) atoms. The molecular formula is C23H20BrCl2N3O4S. The number of ether oxygens (including phenoxy) is 1. The number of nitrogens with zero attached hydrogens (tertiary/aromatic N) is 2. The first-order valence-corrected chi connectivity index (χ1v) is 12.8. The van der Waals surface area contributed by atoms with Crippen LogP contribution in [0.25, 0.3) is 0 Å². The number of amides is 1. The van der Waals surface area contributed by atoms with E-state index in [1.54, 1.807) is 42.5 Å². The predicted molar refractivity (Wildman–Crippen MR) is 139 cm³/mol. The van der Waals surface area contributed by atoms with Crippen LogP contribution in [0.1, 0.15) is 11.1 Å². The minimum Gasteiger partial charge on any atom is -0.496 e. The fourth-order valence-electron chi connectivity index (χ4n) is 2.91. The summed E-state index contributed by atoms with van der Waals surface area (Å²) in [6.45, 7) is 1.38. The standard InChI is InChI=1S/C23H20BrCl2N3O4S/c1-15-3-7-18(8-4-15)29(34(31,32)19-9-10-22(33-2)20(24)12-19)14-23(30)28-27-13-16-5-6-17(25)11-21(16)26/h3-13H,14H2,1-2H3,(H,28,30)/b27-13+. The largest absolute Gasteiger partial charge is 0.496 e. The Morgan fingerprint density at radius 3 is 2.44 bits per heavy atom. The summed E-state index contributed by atoms with van der Waals surface area (Å²) < 4.78 is 33.6. The first-order chi connectivity index (χ1) is 16.1. The van der Waals surface area contributed by atoms with Crippen molar-refractivity contribution in [2.75, 3.05) is 18.0 Å². The van der Waals surface area contributed by atoms with Crippen LogP contribution in [0.2, 0.25) is 10.0 Å². The molecular weight excluding hydrogens is 565 g/mol. The molecule has 0 radical (unpaired) electrons. The van der Waals surface area contributed by atoms with Crippen molar-refractivity contribution < 1.29 is 17.9 Å². The number of sulfonamides is 1. The Kier molecular flexibility index (Phi) is 8.59. The zero-order valence-corrected chi connectivity index (χ0v) is 22.0. The van der Waals surface area contributed by atoms with Crippen LogP contribution in [0.5, 0.6) is 5.75 Å². The van der Waals surface area contributed by atoms with Gasteiger partial charge in [0.2, 0.25) is 0 Å². The van der Waals surface area contributed by atoms with E-state index in [2.05, 4.69) is 26.5 Å². The summed E-state index contributed by atoms with van der Waals surface area (Å²) in [6.07, 6.45) is 1.35. The number of methoxy groups -OCH3 is 1. The van der Waals surface area contributed by atoms with Gasteiger partial charge in [-0.15, -0.1) is 0 Å². The summed E-state index contributed by atoms with van der Waals surface area (Å²) in [5, 5.41) is 4.72. The third-order valence-electron chi connectivity index (χ3n) is 4.68. The molecule has 1 N–H and O–H groups in total. The Labute approximate surface area is 216 Å². The summed E-state index contributed by atoms with van der Waals surface area (Å²) in [6, 6.07) is 16.0. The van der Waals surface area contributed by atoms with Crippen molar-refractivity contribution in [3.05, 3.63) is 86.3 Å². The first-order valence-electron chi connectivity index (χ1n) is 9.81. The van der Waals surface area contributed by atoms with Crippen molar-refractivity contribution in [1.29, 1.82) is 0 Å². The topological polar surface area (TPSA) is 88.1 Å². The van der Waals surface area contributed by atoms with Gasteiger partial charge in [0.25, 0.3) is 15.9 Å². The maximum atomic E-state index is 13.5. The fourth-order valence-corrected chi connectivity index (χ4v) is 5.50. The van der Waals surface area contributed by atoms with E-state index in [1.807, 2.05) is 6.92 Å². The van der Waals surface area contributed by atoms with Gasteiger partial charge in [0, 0.05) is 10.6 Å². The molecule has 0 atom stereocenters. The van der Waals surface area contributed by atoms with Crippen LogP contribution in [0.4, 0.5) is 5.69 Å². The van der Waals surface area contributed by atoms with Crippen LogP contribution < -0.4 is 14.5 Å².